The molecular weight excluding hydrogens is 396 g/mol. The second-order valence-corrected chi connectivity index (χ2v) is 9.35. The van der Waals surface area contributed by atoms with E-state index in [0.717, 1.165) is 31.2 Å². The van der Waals surface area contributed by atoms with Gasteiger partial charge < -0.3 is 5.32 Å². The zero-order valence-electron chi connectivity index (χ0n) is 15.7. The second-order valence-electron chi connectivity index (χ2n) is 6.98. The maximum Gasteiger partial charge on any atom is 0.251 e. The zero-order valence-corrected chi connectivity index (χ0v) is 17.3. The number of nitrogens with zero attached hydrogens (tertiary/aromatic N) is 1. The predicted octanol–water partition coefficient (Wildman–Crippen LogP) is 3.88. The van der Waals surface area contributed by atoms with Crippen molar-refractivity contribution >= 4 is 27.5 Å². The number of hydrogen-bond acceptors (Lipinski definition) is 3. The van der Waals surface area contributed by atoms with Crippen molar-refractivity contribution in [2.45, 2.75) is 37.0 Å². The molecule has 1 fully saturated rings. The van der Waals surface area contributed by atoms with Gasteiger partial charge >= 0.3 is 0 Å². The van der Waals surface area contributed by atoms with E-state index in [4.69, 9.17) is 11.6 Å². The summed E-state index contributed by atoms with van der Waals surface area (Å²) in [5.74, 6) is -0.178. The van der Waals surface area contributed by atoms with E-state index < -0.39 is 10.0 Å². The number of sulfonamides is 1. The Morgan fingerprint density at radius 2 is 1.68 bits per heavy atom. The van der Waals surface area contributed by atoms with Crippen LogP contribution in [0.2, 0.25) is 5.02 Å². The Morgan fingerprint density at radius 3 is 2.32 bits per heavy atom. The molecule has 7 heteroatoms. The molecule has 5 nitrogen and oxygen atoms in total. The third-order valence-electron chi connectivity index (χ3n) is 4.91. The molecule has 150 valence electrons. The monoisotopic (exact) mass is 420 g/mol. The van der Waals surface area contributed by atoms with Crippen molar-refractivity contribution in [1.29, 1.82) is 0 Å². The number of nitrogens with one attached hydrogen (secondary N) is 1. The largest absolute Gasteiger partial charge is 0.352 e. The quantitative estimate of drug-likeness (QED) is 0.771. The molecule has 1 aliphatic heterocycles. The molecule has 0 aromatic heterocycles. The van der Waals surface area contributed by atoms with Gasteiger partial charge in [-0.1, -0.05) is 42.6 Å². The fourth-order valence-electron chi connectivity index (χ4n) is 3.31. The Balaban J connectivity index is 1.56. The van der Waals surface area contributed by atoms with Crippen LogP contribution in [0.15, 0.2) is 53.4 Å². The van der Waals surface area contributed by atoms with Crippen molar-refractivity contribution in [2.24, 2.45) is 0 Å². The van der Waals surface area contributed by atoms with Gasteiger partial charge in [-0.05, 0) is 55.2 Å². The van der Waals surface area contributed by atoms with Gasteiger partial charge in [0.05, 0.1) is 4.90 Å². The van der Waals surface area contributed by atoms with Crippen molar-refractivity contribution in [3.63, 3.8) is 0 Å². The molecule has 2 aromatic carbocycles. The van der Waals surface area contributed by atoms with Crippen LogP contribution < -0.4 is 5.32 Å². The molecule has 0 bridgehead atoms. The molecule has 1 heterocycles. The fourth-order valence-corrected chi connectivity index (χ4v) is 5.02. The lowest BCUT2D eigenvalue weighted by Crippen LogP contribution is -2.31. The Hall–Kier alpha value is -1.89. The number of carbonyl (C=O) groups excluding carboxylic acids is 1. The van der Waals surface area contributed by atoms with Crippen LogP contribution in [-0.4, -0.2) is 38.3 Å². The van der Waals surface area contributed by atoms with E-state index >= 15 is 0 Å². The minimum Gasteiger partial charge on any atom is -0.352 e. The number of carbonyl (C=O) groups is 1. The van der Waals surface area contributed by atoms with Gasteiger partial charge in [0.1, 0.15) is 0 Å². The molecular formula is C21H25ClN2O3S. The third kappa shape index (κ3) is 5.34. The first-order chi connectivity index (χ1) is 13.5. The Labute approximate surface area is 171 Å². The lowest BCUT2D eigenvalue weighted by atomic mass is 10.1. The van der Waals surface area contributed by atoms with Gasteiger partial charge in [0.2, 0.25) is 10.0 Å². The normalized spacial score (nSPS) is 15.8. The van der Waals surface area contributed by atoms with Crippen molar-refractivity contribution in [3.8, 4) is 0 Å². The highest BCUT2D eigenvalue weighted by atomic mass is 35.5. The van der Waals surface area contributed by atoms with Crippen molar-refractivity contribution < 1.29 is 13.2 Å². The molecule has 1 N–H and O–H groups in total. The highest BCUT2D eigenvalue weighted by Gasteiger charge is 2.24. The number of halogens is 1. The van der Waals surface area contributed by atoms with Gasteiger partial charge in [0.25, 0.3) is 5.91 Å². The molecule has 0 radical (unpaired) electrons. The summed E-state index contributed by atoms with van der Waals surface area (Å²) >= 11 is 5.90. The molecule has 1 amide bonds. The summed E-state index contributed by atoms with van der Waals surface area (Å²) in [5.41, 5.74) is 1.49. The van der Waals surface area contributed by atoms with Crippen molar-refractivity contribution in [2.75, 3.05) is 19.6 Å². The van der Waals surface area contributed by atoms with E-state index in [0.29, 0.717) is 41.5 Å². The zero-order chi connectivity index (χ0) is 20.0. The molecule has 0 unspecified atom stereocenters. The lowest BCUT2D eigenvalue weighted by molar-refractivity contribution is 0.0954. The summed E-state index contributed by atoms with van der Waals surface area (Å²) in [4.78, 5) is 12.5. The number of rotatable bonds is 6. The summed E-state index contributed by atoms with van der Waals surface area (Å²) in [6.45, 7) is 1.66. The summed E-state index contributed by atoms with van der Waals surface area (Å²) < 4.78 is 27.2. The van der Waals surface area contributed by atoms with Crippen LogP contribution in [-0.2, 0) is 16.4 Å². The van der Waals surface area contributed by atoms with E-state index in [1.165, 1.54) is 0 Å². The van der Waals surface area contributed by atoms with E-state index in [1.54, 1.807) is 40.7 Å². The van der Waals surface area contributed by atoms with Crippen molar-refractivity contribution in [3.05, 3.63) is 64.7 Å². The van der Waals surface area contributed by atoms with Crippen LogP contribution in [0.4, 0.5) is 0 Å². The first-order valence-corrected chi connectivity index (χ1v) is 11.4. The van der Waals surface area contributed by atoms with Crippen LogP contribution in [0.3, 0.4) is 0 Å². The van der Waals surface area contributed by atoms with Crippen LogP contribution in [0.1, 0.15) is 41.6 Å². The Morgan fingerprint density at radius 1 is 1.00 bits per heavy atom. The first kappa shape index (κ1) is 20.8. The smallest absolute Gasteiger partial charge is 0.251 e. The van der Waals surface area contributed by atoms with Gasteiger partial charge in [-0.2, -0.15) is 4.31 Å². The molecule has 0 spiro atoms. The van der Waals surface area contributed by atoms with E-state index in [9.17, 15) is 13.2 Å². The highest BCUT2D eigenvalue weighted by Crippen LogP contribution is 2.20. The summed E-state index contributed by atoms with van der Waals surface area (Å²) in [6, 6.07) is 13.7. The average Bonchev–Trinajstić information content (AvgIpc) is 2.98. The number of hydrogen-bond donors (Lipinski definition) is 1. The molecule has 0 atom stereocenters. The predicted molar refractivity (Wildman–Crippen MR) is 111 cm³/mol. The number of benzene rings is 2. The van der Waals surface area contributed by atoms with Gasteiger partial charge in [0, 0.05) is 30.2 Å². The topological polar surface area (TPSA) is 66.5 Å². The molecule has 1 aliphatic rings. The van der Waals surface area contributed by atoms with Gasteiger partial charge in [-0.25, -0.2) is 8.42 Å². The Kier molecular flexibility index (Phi) is 7.10. The molecule has 1 saturated heterocycles. The van der Waals surface area contributed by atoms with E-state index in [2.05, 4.69) is 5.32 Å². The van der Waals surface area contributed by atoms with Crippen LogP contribution in [0.25, 0.3) is 0 Å². The third-order valence-corrected chi connectivity index (χ3v) is 7.06. The molecule has 0 aliphatic carbocycles. The number of amides is 1. The summed E-state index contributed by atoms with van der Waals surface area (Å²) in [7, 11) is -3.43. The molecule has 2 aromatic rings. The maximum atomic E-state index is 12.8. The van der Waals surface area contributed by atoms with Crippen LogP contribution >= 0.6 is 11.6 Å². The minimum atomic E-state index is -3.43. The Bertz CT molecular complexity index is 906. The van der Waals surface area contributed by atoms with Gasteiger partial charge in [-0.3, -0.25) is 4.79 Å². The molecule has 28 heavy (non-hydrogen) atoms. The minimum absolute atomic E-state index is 0.178. The SMILES string of the molecule is O=C(NCCc1ccc(S(=O)(=O)N2CCCCCC2)cc1)c1cccc(Cl)c1. The van der Waals surface area contributed by atoms with Crippen molar-refractivity contribution in [1.82, 2.24) is 9.62 Å². The molecule has 0 saturated carbocycles. The first-order valence-electron chi connectivity index (χ1n) is 9.60. The molecule has 3 rings (SSSR count). The van der Waals surface area contributed by atoms with E-state index in [1.807, 2.05) is 12.1 Å². The van der Waals surface area contributed by atoms with Crippen LogP contribution in [0.5, 0.6) is 0 Å². The second kappa shape index (κ2) is 9.54. The highest BCUT2D eigenvalue weighted by molar-refractivity contribution is 7.89. The lowest BCUT2D eigenvalue weighted by Gasteiger charge is -2.20. The summed E-state index contributed by atoms with van der Waals surface area (Å²) in [5, 5.41) is 3.38. The summed E-state index contributed by atoms with van der Waals surface area (Å²) in [6.07, 6.45) is 4.64. The standard InChI is InChI=1S/C21H25ClN2O3S/c22-19-7-5-6-18(16-19)21(25)23-13-12-17-8-10-20(11-9-17)28(26,27)24-14-3-1-2-4-15-24/h5-11,16H,1-4,12-15H2,(H,23,25). The average molecular weight is 421 g/mol. The van der Waals surface area contributed by atoms with Gasteiger partial charge in [0.15, 0.2) is 0 Å². The van der Waals surface area contributed by atoms with Gasteiger partial charge in [-0.15, -0.1) is 0 Å². The maximum absolute atomic E-state index is 12.8. The fraction of sp³-hybridized carbons (Fsp3) is 0.381. The van der Waals surface area contributed by atoms with E-state index in [-0.39, 0.29) is 5.91 Å². The van der Waals surface area contributed by atoms with Crippen LogP contribution in [0, 0.1) is 0 Å².